The Balaban J connectivity index is 2.74. The summed E-state index contributed by atoms with van der Waals surface area (Å²) >= 11 is 1.19. The Labute approximate surface area is 111 Å². The monoisotopic (exact) mass is 272 g/mol. The quantitative estimate of drug-likeness (QED) is 0.818. The summed E-state index contributed by atoms with van der Waals surface area (Å²) in [7, 11) is 1.53. The van der Waals surface area contributed by atoms with Gasteiger partial charge >= 0.3 is 0 Å². The third-order valence-electron chi connectivity index (χ3n) is 2.67. The number of carbonyl (C=O) groups excluding carboxylic acids is 1. The molecule has 0 bridgehead atoms. The van der Waals surface area contributed by atoms with Gasteiger partial charge in [0.1, 0.15) is 6.04 Å². The van der Waals surface area contributed by atoms with Crippen LogP contribution in [0.5, 0.6) is 5.75 Å². The van der Waals surface area contributed by atoms with Gasteiger partial charge in [0.2, 0.25) is 5.91 Å². The second-order valence-electron chi connectivity index (χ2n) is 3.81. The van der Waals surface area contributed by atoms with Crippen molar-refractivity contribution in [2.75, 3.05) is 31.2 Å². The fourth-order valence-electron chi connectivity index (χ4n) is 1.65. The topological polar surface area (TPSA) is 80.5 Å². The van der Waals surface area contributed by atoms with Crippen molar-refractivity contribution in [1.29, 1.82) is 0 Å². The average molecular weight is 272 g/mol. The minimum Gasteiger partial charge on any atom is -0.490 e. The Morgan fingerprint density at radius 2 is 2.17 bits per heavy atom. The van der Waals surface area contributed by atoms with Gasteiger partial charge in [0.15, 0.2) is 16.6 Å². The van der Waals surface area contributed by atoms with E-state index in [4.69, 9.17) is 10.5 Å². The molecule has 102 valence electrons. The number of nitrogens with two attached hydrogens (primary N) is 1. The maximum absolute atomic E-state index is 12.1. The molecule has 1 atom stereocenters. The number of anilines is 2. The first kappa shape index (κ1) is 14.6. The molecule has 1 rings (SSSR count). The number of hydrogen-bond acceptors (Lipinski definition) is 6. The number of nitrogens with one attached hydrogen (secondary N) is 1. The van der Waals surface area contributed by atoms with E-state index < -0.39 is 0 Å². The molecule has 0 radical (unpaired) electrons. The molecule has 1 unspecified atom stereocenters. The van der Waals surface area contributed by atoms with Crippen molar-refractivity contribution in [2.24, 2.45) is 0 Å². The van der Waals surface area contributed by atoms with E-state index in [2.05, 4.69) is 9.69 Å². The Hall–Kier alpha value is -1.50. The highest BCUT2D eigenvalue weighted by Crippen LogP contribution is 2.35. The van der Waals surface area contributed by atoms with Crippen LogP contribution in [0.1, 0.15) is 20.8 Å². The average Bonchev–Trinajstić information content (AvgIpc) is 2.71. The highest BCUT2D eigenvalue weighted by atomic mass is 32.1. The molecule has 0 fully saturated rings. The van der Waals surface area contributed by atoms with Gasteiger partial charge in [-0.25, -0.2) is 0 Å². The molecule has 0 aliphatic carbocycles. The molecule has 1 heterocycles. The van der Waals surface area contributed by atoms with Crippen LogP contribution in [0.3, 0.4) is 0 Å². The van der Waals surface area contributed by atoms with E-state index in [-0.39, 0.29) is 11.9 Å². The summed E-state index contributed by atoms with van der Waals surface area (Å²) in [6.07, 6.45) is 0. The van der Waals surface area contributed by atoms with Crippen LogP contribution >= 0.6 is 11.5 Å². The van der Waals surface area contributed by atoms with E-state index >= 15 is 0 Å². The van der Waals surface area contributed by atoms with Crippen LogP contribution in [0.2, 0.25) is 0 Å². The maximum atomic E-state index is 12.1. The zero-order chi connectivity index (χ0) is 13.7. The van der Waals surface area contributed by atoms with Gasteiger partial charge in [-0.15, -0.1) is 0 Å². The lowest BCUT2D eigenvalue weighted by molar-refractivity contribution is -0.131. The molecule has 3 N–H and O–H groups in total. The van der Waals surface area contributed by atoms with Gasteiger partial charge in [-0.1, -0.05) is 0 Å². The minimum atomic E-state index is -0.335. The summed E-state index contributed by atoms with van der Waals surface area (Å²) in [5, 5.41) is 3.77. The molecule has 0 saturated carbocycles. The molecule has 0 aliphatic heterocycles. The number of carbonyl (C=O) groups is 1. The highest BCUT2D eigenvalue weighted by Gasteiger charge is 2.21. The van der Waals surface area contributed by atoms with Gasteiger partial charge in [0.05, 0.1) is 7.11 Å². The SMILES string of the molecule is CCN(CC)C(=O)C(C)Nc1snc(N)c1OC. The maximum Gasteiger partial charge on any atom is 0.244 e. The van der Waals surface area contributed by atoms with E-state index in [0.29, 0.717) is 29.7 Å². The molecule has 7 heteroatoms. The van der Waals surface area contributed by atoms with Crippen LogP contribution in [-0.2, 0) is 4.79 Å². The zero-order valence-corrected chi connectivity index (χ0v) is 12.0. The lowest BCUT2D eigenvalue weighted by Crippen LogP contribution is -2.41. The van der Waals surface area contributed by atoms with Crippen LogP contribution in [0.25, 0.3) is 0 Å². The summed E-state index contributed by atoms with van der Waals surface area (Å²) < 4.78 is 9.14. The van der Waals surface area contributed by atoms with Gasteiger partial charge in [-0.3, -0.25) is 4.79 Å². The first-order chi connectivity index (χ1) is 8.54. The molecule has 0 aromatic carbocycles. The smallest absolute Gasteiger partial charge is 0.244 e. The van der Waals surface area contributed by atoms with Crippen LogP contribution in [-0.4, -0.2) is 41.4 Å². The molecule has 0 aliphatic rings. The number of hydrogen-bond donors (Lipinski definition) is 2. The van der Waals surface area contributed by atoms with Crippen LogP contribution < -0.4 is 15.8 Å². The number of amides is 1. The predicted molar refractivity (Wildman–Crippen MR) is 74.1 cm³/mol. The van der Waals surface area contributed by atoms with E-state index in [1.165, 1.54) is 18.6 Å². The Morgan fingerprint density at radius 3 is 2.67 bits per heavy atom. The predicted octanol–water partition coefficient (Wildman–Crippen LogP) is 1.40. The first-order valence-corrected chi connectivity index (χ1v) is 6.66. The number of nitrogens with zero attached hydrogens (tertiary/aromatic N) is 2. The Morgan fingerprint density at radius 1 is 1.56 bits per heavy atom. The van der Waals surface area contributed by atoms with Gasteiger partial charge < -0.3 is 20.7 Å². The number of likely N-dealkylation sites (N-methyl/N-ethyl adjacent to an activating group) is 1. The second kappa shape index (κ2) is 6.44. The van der Waals surface area contributed by atoms with Crippen molar-refractivity contribution in [3.8, 4) is 5.75 Å². The van der Waals surface area contributed by atoms with Crippen molar-refractivity contribution in [2.45, 2.75) is 26.8 Å². The molecular formula is C11H20N4O2S. The summed E-state index contributed by atoms with van der Waals surface area (Å²) in [4.78, 5) is 13.9. The van der Waals surface area contributed by atoms with Gasteiger partial charge in [-0.05, 0) is 32.3 Å². The van der Waals surface area contributed by atoms with E-state index in [1.807, 2.05) is 20.8 Å². The largest absolute Gasteiger partial charge is 0.490 e. The number of nitrogen functional groups attached to an aromatic ring is 1. The van der Waals surface area contributed by atoms with Gasteiger partial charge in [0, 0.05) is 13.1 Å². The zero-order valence-electron chi connectivity index (χ0n) is 11.2. The van der Waals surface area contributed by atoms with Crippen LogP contribution in [0, 0.1) is 0 Å². The number of rotatable bonds is 6. The Bertz CT molecular complexity index is 404. The standard InChI is InChI=1S/C11H20N4O2S/c1-5-15(6-2)11(16)7(3)13-10-8(17-4)9(12)14-18-10/h7,13H,5-6H2,1-4H3,(H2,12,14). The van der Waals surface area contributed by atoms with Gasteiger partial charge in [-0.2, -0.15) is 4.37 Å². The van der Waals surface area contributed by atoms with Crippen molar-refractivity contribution < 1.29 is 9.53 Å². The molecular weight excluding hydrogens is 252 g/mol. The van der Waals surface area contributed by atoms with Crippen molar-refractivity contribution >= 4 is 28.3 Å². The molecule has 6 nitrogen and oxygen atoms in total. The molecule has 1 amide bonds. The molecule has 1 aromatic rings. The summed E-state index contributed by atoms with van der Waals surface area (Å²) in [6, 6.07) is -0.335. The van der Waals surface area contributed by atoms with Gasteiger partial charge in [0.25, 0.3) is 0 Å². The molecule has 0 spiro atoms. The summed E-state index contributed by atoms with van der Waals surface area (Å²) in [6.45, 7) is 7.13. The van der Waals surface area contributed by atoms with Crippen LogP contribution in [0.4, 0.5) is 10.8 Å². The molecule has 1 aromatic heterocycles. The first-order valence-electron chi connectivity index (χ1n) is 5.89. The summed E-state index contributed by atoms with van der Waals surface area (Å²) in [5.74, 6) is 0.890. The van der Waals surface area contributed by atoms with Crippen molar-refractivity contribution in [1.82, 2.24) is 9.27 Å². The fraction of sp³-hybridized carbons (Fsp3) is 0.636. The number of methoxy groups -OCH3 is 1. The third-order valence-corrected chi connectivity index (χ3v) is 3.45. The molecule has 18 heavy (non-hydrogen) atoms. The lowest BCUT2D eigenvalue weighted by Gasteiger charge is -2.23. The normalized spacial score (nSPS) is 12.0. The van der Waals surface area contributed by atoms with E-state index in [1.54, 1.807) is 4.90 Å². The number of ether oxygens (including phenoxy) is 1. The van der Waals surface area contributed by atoms with E-state index in [9.17, 15) is 4.79 Å². The minimum absolute atomic E-state index is 0.0500. The lowest BCUT2D eigenvalue weighted by atomic mass is 10.3. The molecule has 0 saturated heterocycles. The second-order valence-corrected chi connectivity index (χ2v) is 4.58. The Kier molecular flexibility index (Phi) is 5.21. The third kappa shape index (κ3) is 3.04. The van der Waals surface area contributed by atoms with Crippen molar-refractivity contribution in [3.63, 3.8) is 0 Å². The highest BCUT2D eigenvalue weighted by molar-refractivity contribution is 7.11. The van der Waals surface area contributed by atoms with Crippen molar-refractivity contribution in [3.05, 3.63) is 0 Å². The summed E-state index contributed by atoms with van der Waals surface area (Å²) in [5.41, 5.74) is 5.65. The van der Waals surface area contributed by atoms with Crippen LogP contribution in [0.15, 0.2) is 0 Å². The van der Waals surface area contributed by atoms with E-state index in [0.717, 1.165) is 0 Å². The number of aromatic nitrogens is 1. The fourth-order valence-corrected chi connectivity index (χ4v) is 2.42.